The first-order valence-electron chi connectivity index (χ1n) is 5.48. The lowest BCUT2D eigenvalue weighted by Crippen LogP contribution is -2.42. The molecule has 1 rings (SSSR count). The molecule has 17 heavy (non-hydrogen) atoms. The highest BCUT2D eigenvalue weighted by molar-refractivity contribution is 5.75. The first kappa shape index (κ1) is 13.5. The summed E-state index contributed by atoms with van der Waals surface area (Å²) >= 11 is 0. The topological polar surface area (TPSA) is 58.6 Å². The lowest BCUT2D eigenvalue weighted by molar-refractivity contribution is -0.140. The summed E-state index contributed by atoms with van der Waals surface area (Å²) < 4.78 is 5.04. The van der Waals surface area contributed by atoms with E-state index in [2.05, 4.69) is 5.32 Å². The van der Waals surface area contributed by atoms with E-state index in [-0.39, 0.29) is 5.54 Å². The van der Waals surface area contributed by atoms with E-state index in [0.29, 0.717) is 11.3 Å². The Kier molecular flexibility index (Phi) is 4.12. The van der Waals surface area contributed by atoms with Crippen molar-refractivity contribution in [2.24, 2.45) is 0 Å². The minimum absolute atomic E-state index is 0.261. The van der Waals surface area contributed by atoms with E-state index in [4.69, 9.17) is 4.74 Å². The third kappa shape index (κ3) is 4.07. The second kappa shape index (κ2) is 5.19. The summed E-state index contributed by atoms with van der Waals surface area (Å²) in [5, 5.41) is 12.3. The van der Waals surface area contributed by atoms with E-state index in [1.54, 1.807) is 31.4 Å². The SMILES string of the molecule is COc1ccc(C(NC(C)(C)C)C(=O)O)cc1. The number of methoxy groups -OCH3 is 1. The van der Waals surface area contributed by atoms with E-state index in [9.17, 15) is 9.90 Å². The lowest BCUT2D eigenvalue weighted by atomic mass is 10.0. The lowest BCUT2D eigenvalue weighted by Gasteiger charge is -2.26. The largest absolute Gasteiger partial charge is 0.497 e. The zero-order valence-corrected chi connectivity index (χ0v) is 10.7. The standard InChI is InChI=1S/C13H19NO3/c1-13(2,3)14-11(12(15)16)9-5-7-10(17-4)8-6-9/h5-8,11,14H,1-4H3,(H,15,16). The number of hydrogen-bond donors (Lipinski definition) is 2. The van der Waals surface area contributed by atoms with Crippen molar-refractivity contribution in [3.05, 3.63) is 29.8 Å². The van der Waals surface area contributed by atoms with Gasteiger partial charge in [-0.3, -0.25) is 10.1 Å². The molecule has 4 nitrogen and oxygen atoms in total. The number of carboxylic acid groups (broad SMARTS) is 1. The Balaban J connectivity index is 2.94. The Morgan fingerprint density at radius 2 is 1.82 bits per heavy atom. The highest BCUT2D eigenvalue weighted by Gasteiger charge is 2.24. The fraction of sp³-hybridized carbons (Fsp3) is 0.462. The molecule has 0 saturated carbocycles. The first-order chi connectivity index (χ1) is 7.83. The van der Waals surface area contributed by atoms with Crippen molar-refractivity contribution in [2.45, 2.75) is 32.4 Å². The zero-order valence-electron chi connectivity index (χ0n) is 10.7. The molecule has 0 aliphatic rings. The van der Waals surface area contributed by atoms with Crippen LogP contribution < -0.4 is 10.1 Å². The third-order valence-electron chi connectivity index (χ3n) is 2.27. The number of benzene rings is 1. The minimum Gasteiger partial charge on any atom is -0.497 e. The molecule has 1 unspecified atom stereocenters. The Bertz CT molecular complexity index is 379. The molecule has 0 spiro atoms. The molecule has 0 aromatic heterocycles. The number of carboxylic acids is 1. The number of nitrogens with one attached hydrogen (secondary N) is 1. The van der Waals surface area contributed by atoms with Gasteiger partial charge in [-0.25, -0.2) is 0 Å². The Hall–Kier alpha value is -1.55. The summed E-state index contributed by atoms with van der Waals surface area (Å²) in [4.78, 5) is 11.2. The number of hydrogen-bond acceptors (Lipinski definition) is 3. The second-order valence-corrected chi connectivity index (χ2v) is 4.94. The van der Waals surface area contributed by atoms with E-state index in [1.807, 2.05) is 20.8 Å². The van der Waals surface area contributed by atoms with Crippen molar-refractivity contribution in [2.75, 3.05) is 7.11 Å². The molecule has 4 heteroatoms. The van der Waals surface area contributed by atoms with E-state index in [0.717, 1.165) is 0 Å². The molecule has 0 saturated heterocycles. The van der Waals surface area contributed by atoms with Crippen LogP contribution in [0.1, 0.15) is 32.4 Å². The van der Waals surface area contributed by atoms with Crippen LogP contribution in [0.3, 0.4) is 0 Å². The Labute approximate surface area is 102 Å². The molecule has 0 fully saturated rings. The molecule has 1 atom stereocenters. The van der Waals surface area contributed by atoms with Crippen LogP contribution in [0.15, 0.2) is 24.3 Å². The summed E-state index contributed by atoms with van der Waals surface area (Å²) in [6.45, 7) is 5.81. The van der Waals surface area contributed by atoms with Crippen LogP contribution >= 0.6 is 0 Å². The van der Waals surface area contributed by atoms with Gasteiger partial charge in [-0.05, 0) is 38.5 Å². The van der Waals surface area contributed by atoms with Crippen molar-refractivity contribution in [1.82, 2.24) is 5.32 Å². The molecular formula is C13H19NO3. The van der Waals surface area contributed by atoms with Crippen molar-refractivity contribution in [3.63, 3.8) is 0 Å². The highest BCUT2D eigenvalue weighted by Crippen LogP contribution is 2.20. The van der Waals surface area contributed by atoms with Gasteiger partial charge in [-0.15, -0.1) is 0 Å². The average molecular weight is 237 g/mol. The van der Waals surface area contributed by atoms with Crippen LogP contribution in [0.2, 0.25) is 0 Å². The predicted molar refractivity (Wildman–Crippen MR) is 66.3 cm³/mol. The van der Waals surface area contributed by atoms with Gasteiger partial charge in [-0.2, -0.15) is 0 Å². The van der Waals surface area contributed by atoms with Crippen LogP contribution in [0.25, 0.3) is 0 Å². The van der Waals surface area contributed by atoms with Gasteiger partial charge in [0.15, 0.2) is 0 Å². The quantitative estimate of drug-likeness (QED) is 0.843. The monoisotopic (exact) mass is 237 g/mol. The van der Waals surface area contributed by atoms with Gasteiger partial charge in [0.2, 0.25) is 0 Å². The molecule has 0 radical (unpaired) electrons. The van der Waals surface area contributed by atoms with Gasteiger partial charge >= 0.3 is 5.97 Å². The predicted octanol–water partition coefficient (Wildman–Crippen LogP) is 2.21. The summed E-state index contributed by atoms with van der Waals surface area (Å²) in [6.07, 6.45) is 0. The molecule has 0 aliphatic carbocycles. The second-order valence-electron chi connectivity index (χ2n) is 4.94. The summed E-state index contributed by atoms with van der Waals surface area (Å²) in [6, 6.07) is 6.33. The number of rotatable bonds is 4. The van der Waals surface area contributed by atoms with Gasteiger partial charge in [0.05, 0.1) is 7.11 Å². The van der Waals surface area contributed by atoms with Crippen LogP contribution in [-0.4, -0.2) is 23.7 Å². The number of aliphatic carboxylic acids is 1. The molecule has 1 aromatic rings. The number of carbonyl (C=O) groups is 1. The summed E-state index contributed by atoms with van der Waals surface area (Å²) in [7, 11) is 1.58. The molecule has 0 amide bonds. The van der Waals surface area contributed by atoms with Gasteiger partial charge in [0.25, 0.3) is 0 Å². The summed E-state index contributed by atoms with van der Waals surface area (Å²) in [5.41, 5.74) is 0.455. The molecule has 0 heterocycles. The molecule has 2 N–H and O–H groups in total. The molecule has 0 aliphatic heterocycles. The van der Waals surface area contributed by atoms with Crippen LogP contribution in [0.5, 0.6) is 5.75 Å². The number of ether oxygens (including phenoxy) is 1. The van der Waals surface area contributed by atoms with Crippen LogP contribution in [0.4, 0.5) is 0 Å². The van der Waals surface area contributed by atoms with Crippen LogP contribution in [-0.2, 0) is 4.79 Å². The van der Waals surface area contributed by atoms with Crippen molar-refractivity contribution in [3.8, 4) is 5.75 Å². The van der Waals surface area contributed by atoms with E-state index in [1.165, 1.54) is 0 Å². The summed E-state index contributed by atoms with van der Waals surface area (Å²) in [5.74, 6) is -0.168. The Morgan fingerprint density at radius 3 is 2.18 bits per heavy atom. The molecule has 0 bridgehead atoms. The van der Waals surface area contributed by atoms with Gasteiger partial charge in [0, 0.05) is 5.54 Å². The van der Waals surface area contributed by atoms with Gasteiger partial charge in [0.1, 0.15) is 11.8 Å². The maximum Gasteiger partial charge on any atom is 0.325 e. The smallest absolute Gasteiger partial charge is 0.325 e. The third-order valence-corrected chi connectivity index (χ3v) is 2.27. The average Bonchev–Trinajstić information content (AvgIpc) is 2.25. The van der Waals surface area contributed by atoms with E-state index < -0.39 is 12.0 Å². The fourth-order valence-electron chi connectivity index (χ4n) is 1.52. The van der Waals surface area contributed by atoms with Crippen molar-refractivity contribution in [1.29, 1.82) is 0 Å². The molecule has 1 aromatic carbocycles. The Morgan fingerprint density at radius 1 is 1.29 bits per heavy atom. The maximum atomic E-state index is 11.2. The normalized spacial score (nSPS) is 13.2. The zero-order chi connectivity index (χ0) is 13.1. The molecule has 94 valence electrons. The van der Waals surface area contributed by atoms with E-state index >= 15 is 0 Å². The fourth-order valence-corrected chi connectivity index (χ4v) is 1.52. The van der Waals surface area contributed by atoms with Crippen molar-refractivity contribution >= 4 is 5.97 Å². The highest BCUT2D eigenvalue weighted by atomic mass is 16.5. The van der Waals surface area contributed by atoms with Crippen LogP contribution in [0, 0.1) is 0 Å². The van der Waals surface area contributed by atoms with Gasteiger partial charge < -0.3 is 9.84 Å². The molecular weight excluding hydrogens is 218 g/mol. The maximum absolute atomic E-state index is 11.2. The minimum atomic E-state index is -0.884. The van der Waals surface area contributed by atoms with Gasteiger partial charge in [-0.1, -0.05) is 12.1 Å². The van der Waals surface area contributed by atoms with Crippen molar-refractivity contribution < 1.29 is 14.6 Å². The first-order valence-corrected chi connectivity index (χ1v) is 5.48.